The Balaban J connectivity index is 1.90. The first-order valence-electron chi connectivity index (χ1n) is 12.4. The maximum atomic E-state index is 13.5. The molecule has 0 aromatic heterocycles. The molecule has 7 nitrogen and oxygen atoms in total. The second-order valence-electron chi connectivity index (χ2n) is 9.67. The Labute approximate surface area is 211 Å². The molecule has 3 unspecified atom stereocenters. The molecule has 14 heteroatoms. The van der Waals surface area contributed by atoms with E-state index in [1.165, 1.54) is 0 Å². The van der Waals surface area contributed by atoms with E-state index in [1.54, 1.807) is 0 Å². The number of carbonyl (C=O) groups is 2. The Morgan fingerprint density at radius 1 is 0.944 bits per heavy atom. The van der Waals surface area contributed by atoms with E-state index in [2.05, 4.69) is 4.74 Å². The molecule has 0 aliphatic heterocycles. The van der Waals surface area contributed by atoms with Crippen LogP contribution in [0, 0.1) is 23.7 Å². The first kappa shape index (κ1) is 28.6. The number of hydrogen-bond donors (Lipinski definition) is 1. The van der Waals surface area contributed by atoms with Gasteiger partial charge in [-0.3, -0.25) is 14.1 Å². The van der Waals surface area contributed by atoms with Crippen molar-refractivity contribution in [3.8, 4) is 5.75 Å². The smallest absolute Gasteiger partial charge is 0.426 e. The molecule has 1 N–H and O–H groups in total. The molecule has 0 amide bonds. The van der Waals surface area contributed by atoms with Gasteiger partial charge in [0.1, 0.15) is 35.0 Å². The van der Waals surface area contributed by atoms with Crippen molar-refractivity contribution in [1.29, 1.82) is 0 Å². The molecule has 3 aliphatic rings. The number of halogens is 3. The van der Waals surface area contributed by atoms with Gasteiger partial charge >= 0.3 is 18.1 Å². The predicted octanol–water partition coefficient (Wildman–Crippen LogP) is 0.406. The van der Waals surface area contributed by atoms with Crippen molar-refractivity contribution < 1.29 is 45.2 Å². The largest absolute Gasteiger partial charge is 0.451 e. The average molecular weight is 528 g/mol. The number of carbonyl (C=O) groups excluding carboxylic acids is 2. The summed E-state index contributed by atoms with van der Waals surface area (Å²) in [4.78, 5) is 26.5. The summed E-state index contributed by atoms with van der Waals surface area (Å²) in [5, 5.41) is 0. The lowest BCUT2D eigenvalue weighted by atomic mass is 9.58. The number of esters is 2. The lowest BCUT2D eigenvalue weighted by Gasteiger charge is -2.46. The van der Waals surface area contributed by atoms with Gasteiger partial charge in [-0.15, -0.1) is 0 Å². The Morgan fingerprint density at radius 2 is 1.42 bits per heavy atom. The van der Waals surface area contributed by atoms with Crippen molar-refractivity contribution >= 4 is 45.6 Å². The van der Waals surface area contributed by atoms with Crippen molar-refractivity contribution in [2.24, 2.45) is 23.7 Å². The second-order valence-corrected chi connectivity index (χ2v) is 11.2. The van der Waals surface area contributed by atoms with E-state index in [9.17, 15) is 31.2 Å². The van der Waals surface area contributed by atoms with Crippen LogP contribution in [0.5, 0.6) is 5.75 Å². The Morgan fingerprint density at radius 3 is 1.81 bits per heavy atom. The number of alkyl halides is 3. The summed E-state index contributed by atoms with van der Waals surface area (Å²) >= 11 is 0. The molecule has 1 aromatic rings. The van der Waals surface area contributed by atoms with E-state index >= 15 is 0 Å². The van der Waals surface area contributed by atoms with E-state index in [-0.39, 0.29) is 11.8 Å². The Kier molecular flexibility index (Phi) is 8.91. The summed E-state index contributed by atoms with van der Waals surface area (Å²) in [5.41, 5.74) is 2.77. The lowest BCUT2D eigenvalue weighted by molar-refractivity contribution is -0.222. The zero-order valence-corrected chi connectivity index (χ0v) is 21.5. The van der Waals surface area contributed by atoms with Crippen LogP contribution in [0.25, 0.3) is 0 Å². The topological polar surface area (TPSA) is 107 Å². The number of hydrogen-bond acceptors (Lipinski definition) is 6. The van der Waals surface area contributed by atoms with E-state index in [1.807, 2.05) is 35.7 Å². The summed E-state index contributed by atoms with van der Waals surface area (Å²) in [6.45, 7) is 0. The molecular formula is C22H30B3F3O7S. The normalized spacial score (nSPS) is 24.8. The SMILES string of the molecule is BCc1cc(CB)c(OC(=O)C2C3CCC(CC3)C2C(=O)OC(CS(=O)(=O)O)C(F)(F)F)c(CB)c1. The molecule has 3 saturated carbocycles. The molecule has 36 heavy (non-hydrogen) atoms. The number of benzene rings is 1. The van der Waals surface area contributed by atoms with Gasteiger partial charge in [-0.1, -0.05) is 36.7 Å². The molecule has 0 spiro atoms. The summed E-state index contributed by atoms with van der Waals surface area (Å²) in [6.07, 6.45) is -3.85. The third kappa shape index (κ3) is 6.48. The molecule has 4 rings (SSSR count). The Bertz CT molecular complexity index is 1060. The van der Waals surface area contributed by atoms with Gasteiger partial charge in [0.05, 0.1) is 11.8 Å². The number of ether oxygens (including phenoxy) is 2. The fourth-order valence-corrected chi connectivity index (χ4v) is 6.23. The summed E-state index contributed by atoms with van der Waals surface area (Å²) in [6, 6.07) is 3.92. The Hall–Kier alpha value is -1.95. The fraction of sp³-hybridized carbons (Fsp3) is 0.636. The molecule has 196 valence electrons. The molecule has 3 atom stereocenters. The van der Waals surface area contributed by atoms with Gasteiger partial charge < -0.3 is 9.47 Å². The van der Waals surface area contributed by atoms with Gasteiger partial charge in [-0.2, -0.15) is 21.6 Å². The molecule has 2 bridgehead atoms. The molecule has 3 fully saturated rings. The average Bonchev–Trinajstić information content (AvgIpc) is 2.82. The minimum absolute atomic E-state index is 0.254. The van der Waals surface area contributed by atoms with E-state index < -0.39 is 51.9 Å². The summed E-state index contributed by atoms with van der Waals surface area (Å²) in [5.74, 6) is -6.15. The maximum Gasteiger partial charge on any atom is 0.426 e. The van der Waals surface area contributed by atoms with E-state index in [0.717, 1.165) is 23.0 Å². The molecule has 1 aromatic carbocycles. The zero-order valence-electron chi connectivity index (χ0n) is 20.6. The highest BCUT2D eigenvalue weighted by atomic mass is 32.2. The van der Waals surface area contributed by atoms with Crippen molar-refractivity contribution in [2.75, 3.05) is 5.75 Å². The quantitative estimate of drug-likeness (QED) is 0.214. The highest BCUT2D eigenvalue weighted by Gasteiger charge is 2.54. The second kappa shape index (κ2) is 11.2. The fourth-order valence-electron chi connectivity index (χ4n) is 5.59. The van der Waals surface area contributed by atoms with Crippen LogP contribution in [0.3, 0.4) is 0 Å². The molecule has 0 heterocycles. The standard InChI is InChI=1S/C22H30B3F3O7S/c23-7-11-5-14(8-24)19(15(6-11)9-25)35-21(30)18-13-3-1-12(2-4-13)17(18)20(29)34-16(22(26,27)28)10-36(31,32)33/h5-6,12-13,16-18H,1-4,7-10,23-25H2,(H,31,32,33). The third-order valence-corrected chi connectivity index (χ3v) is 8.15. The minimum atomic E-state index is -5.21. The molecule has 0 radical (unpaired) electrons. The number of rotatable bonds is 9. The van der Waals surface area contributed by atoms with Crippen LogP contribution < -0.4 is 4.74 Å². The summed E-state index contributed by atoms with van der Waals surface area (Å²) < 4.78 is 81.8. The van der Waals surface area contributed by atoms with Crippen molar-refractivity contribution in [1.82, 2.24) is 0 Å². The van der Waals surface area contributed by atoms with Gasteiger partial charge in [0.15, 0.2) is 0 Å². The van der Waals surface area contributed by atoms with Crippen molar-refractivity contribution in [3.63, 3.8) is 0 Å². The van der Waals surface area contributed by atoms with Crippen LogP contribution in [0.4, 0.5) is 13.2 Å². The van der Waals surface area contributed by atoms with Gasteiger partial charge in [-0.05, 0) is 48.6 Å². The first-order chi connectivity index (χ1) is 16.8. The van der Waals surface area contributed by atoms with E-state index in [4.69, 9.17) is 9.29 Å². The zero-order chi connectivity index (χ0) is 26.8. The third-order valence-electron chi connectivity index (χ3n) is 7.42. The van der Waals surface area contributed by atoms with Gasteiger partial charge in [-0.25, -0.2) is 0 Å². The van der Waals surface area contributed by atoms with Crippen LogP contribution >= 0.6 is 0 Å². The maximum absolute atomic E-state index is 13.5. The summed E-state index contributed by atoms with van der Waals surface area (Å²) in [7, 11) is 0.808. The predicted molar refractivity (Wildman–Crippen MR) is 134 cm³/mol. The first-order valence-corrected chi connectivity index (χ1v) is 14.0. The van der Waals surface area contributed by atoms with Gasteiger partial charge in [0.25, 0.3) is 10.1 Å². The van der Waals surface area contributed by atoms with Crippen molar-refractivity contribution in [3.05, 3.63) is 28.8 Å². The highest BCUT2D eigenvalue weighted by Crippen LogP contribution is 2.50. The van der Waals surface area contributed by atoms with Gasteiger partial charge in [0.2, 0.25) is 6.10 Å². The van der Waals surface area contributed by atoms with Crippen LogP contribution in [0.2, 0.25) is 0 Å². The highest BCUT2D eigenvalue weighted by molar-refractivity contribution is 7.85. The molecular weight excluding hydrogens is 498 g/mol. The van der Waals surface area contributed by atoms with Crippen LogP contribution in [0.1, 0.15) is 42.4 Å². The minimum Gasteiger partial charge on any atom is -0.451 e. The molecule has 0 saturated heterocycles. The van der Waals surface area contributed by atoms with Crippen LogP contribution in [-0.2, 0) is 43.4 Å². The van der Waals surface area contributed by atoms with Crippen LogP contribution in [-0.4, -0.2) is 66.5 Å². The molecule has 3 aliphatic carbocycles. The number of fused-ring (bicyclic) bond motifs is 3. The lowest BCUT2D eigenvalue weighted by Crippen LogP contribution is -2.51. The van der Waals surface area contributed by atoms with E-state index in [0.29, 0.717) is 44.1 Å². The monoisotopic (exact) mass is 528 g/mol. The van der Waals surface area contributed by atoms with Crippen LogP contribution in [0.15, 0.2) is 12.1 Å². The van der Waals surface area contributed by atoms with Crippen molar-refractivity contribution in [2.45, 2.75) is 56.9 Å². The van der Waals surface area contributed by atoms with Gasteiger partial charge in [0, 0.05) is 0 Å².